The Bertz CT molecular complexity index is 623. The lowest BCUT2D eigenvalue weighted by Crippen LogP contribution is -2.52. The minimum absolute atomic E-state index is 0.188. The summed E-state index contributed by atoms with van der Waals surface area (Å²) in [5.41, 5.74) is 1.21. The number of hydrogen-bond acceptors (Lipinski definition) is 6. The third-order valence-electron chi connectivity index (χ3n) is 6.25. The highest BCUT2D eigenvalue weighted by atomic mass is 32.1. The molecule has 1 aromatic heterocycles. The molecule has 27 heavy (non-hydrogen) atoms. The predicted molar refractivity (Wildman–Crippen MR) is 107 cm³/mol. The molecule has 1 unspecified atom stereocenters. The van der Waals surface area contributed by atoms with Gasteiger partial charge in [0.15, 0.2) is 0 Å². The van der Waals surface area contributed by atoms with E-state index in [1.54, 1.807) is 11.3 Å². The summed E-state index contributed by atoms with van der Waals surface area (Å²) >= 11 is 1.74. The zero-order chi connectivity index (χ0) is 18.6. The van der Waals surface area contributed by atoms with Crippen molar-refractivity contribution in [2.24, 2.45) is 5.92 Å². The highest BCUT2D eigenvalue weighted by Gasteiger charge is 2.33. The summed E-state index contributed by atoms with van der Waals surface area (Å²) in [5.74, 6) is 0.548. The fourth-order valence-electron chi connectivity index (χ4n) is 4.73. The van der Waals surface area contributed by atoms with Crippen molar-refractivity contribution in [3.8, 4) is 0 Å². The number of aromatic nitrogens is 1. The van der Waals surface area contributed by atoms with Crippen molar-refractivity contribution in [3.05, 3.63) is 16.1 Å². The second-order valence-electron chi connectivity index (χ2n) is 8.14. The number of aryl methyl sites for hydroxylation is 1. The molecule has 7 heteroatoms. The van der Waals surface area contributed by atoms with Crippen molar-refractivity contribution in [3.63, 3.8) is 0 Å². The van der Waals surface area contributed by atoms with Gasteiger partial charge in [0.05, 0.1) is 29.8 Å². The molecule has 3 fully saturated rings. The maximum absolute atomic E-state index is 12.9. The van der Waals surface area contributed by atoms with E-state index >= 15 is 0 Å². The lowest BCUT2D eigenvalue weighted by Gasteiger charge is -2.43. The van der Waals surface area contributed by atoms with Gasteiger partial charge in [-0.1, -0.05) is 0 Å². The Kier molecular flexibility index (Phi) is 6.42. The van der Waals surface area contributed by atoms with Crippen molar-refractivity contribution in [1.82, 2.24) is 19.7 Å². The molecule has 0 bridgehead atoms. The van der Waals surface area contributed by atoms with E-state index < -0.39 is 0 Å². The van der Waals surface area contributed by atoms with Gasteiger partial charge in [-0.15, -0.1) is 11.3 Å². The Morgan fingerprint density at radius 1 is 1.19 bits per heavy atom. The van der Waals surface area contributed by atoms with Crippen LogP contribution in [-0.2, 0) is 16.1 Å². The topological polar surface area (TPSA) is 48.9 Å². The Morgan fingerprint density at radius 3 is 2.67 bits per heavy atom. The number of amides is 1. The van der Waals surface area contributed by atoms with E-state index in [9.17, 15) is 4.79 Å². The fraction of sp³-hybridized carbons (Fsp3) is 0.800. The normalized spacial score (nSPS) is 26.4. The first kappa shape index (κ1) is 19.3. The Balaban J connectivity index is 1.26. The minimum Gasteiger partial charge on any atom is -0.378 e. The van der Waals surface area contributed by atoms with Gasteiger partial charge in [-0.25, -0.2) is 4.98 Å². The van der Waals surface area contributed by atoms with Crippen molar-refractivity contribution >= 4 is 17.2 Å². The van der Waals surface area contributed by atoms with Crippen LogP contribution in [0.1, 0.15) is 36.4 Å². The van der Waals surface area contributed by atoms with Crippen LogP contribution < -0.4 is 0 Å². The number of morpholine rings is 1. The molecule has 1 atom stereocenters. The van der Waals surface area contributed by atoms with Crippen LogP contribution in [0.2, 0.25) is 0 Å². The smallest absolute Gasteiger partial charge is 0.227 e. The van der Waals surface area contributed by atoms with E-state index in [1.165, 1.54) is 18.5 Å². The van der Waals surface area contributed by atoms with Gasteiger partial charge in [-0.3, -0.25) is 14.6 Å². The molecule has 3 aliphatic rings. The summed E-state index contributed by atoms with van der Waals surface area (Å²) < 4.78 is 5.39. The highest BCUT2D eigenvalue weighted by Crippen LogP contribution is 2.26. The monoisotopic (exact) mass is 392 g/mol. The van der Waals surface area contributed by atoms with Crippen LogP contribution in [0.5, 0.6) is 0 Å². The largest absolute Gasteiger partial charge is 0.378 e. The molecule has 0 N–H and O–H groups in total. The maximum Gasteiger partial charge on any atom is 0.227 e. The molecule has 1 aromatic rings. The Labute approximate surface area is 166 Å². The number of rotatable bonds is 4. The third-order valence-corrected chi connectivity index (χ3v) is 7.07. The number of hydrogen-bond donors (Lipinski definition) is 0. The lowest BCUT2D eigenvalue weighted by atomic mass is 9.92. The minimum atomic E-state index is 0.188. The number of thiazole rings is 1. The van der Waals surface area contributed by atoms with Gasteiger partial charge in [0, 0.05) is 50.7 Å². The zero-order valence-corrected chi connectivity index (χ0v) is 17.3. The summed E-state index contributed by atoms with van der Waals surface area (Å²) in [6, 6.07) is 0.638. The van der Waals surface area contributed by atoms with Crippen LogP contribution in [0.4, 0.5) is 0 Å². The molecule has 1 amide bonds. The second kappa shape index (κ2) is 8.99. The number of ether oxygens (including phenoxy) is 1. The lowest BCUT2D eigenvalue weighted by molar-refractivity contribution is -0.142. The van der Waals surface area contributed by atoms with Gasteiger partial charge in [-0.05, 0) is 39.2 Å². The van der Waals surface area contributed by atoms with Gasteiger partial charge in [0.1, 0.15) is 0 Å². The van der Waals surface area contributed by atoms with Crippen molar-refractivity contribution < 1.29 is 9.53 Å². The molecule has 4 rings (SSSR count). The average Bonchev–Trinajstić information content (AvgIpc) is 3.13. The maximum atomic E-state index is 12.9. The first-order valence-corrected chi connectivity index (χ1v) is 11.3. The van der Waals surface area contributed by atoms with Crippen molar-refractivity contribution in [1.29, 1.82) is 0 Å². The van der Waals surface area contributed by atoms with Gasteiger partial charge >= 0.3 is 0 Å². The summed E-state index contributed by atoms with van der Waals surface area (Å²) in [6.07, 6.45) is 4.62. The van der Waals surface area contributed by atoms with Crippen LogP contribution in [0, 0.1) is 12.8 Å². The number of likely N-dealkylation sites (tertiary alicyclic amines) is 2. The van der Waals surface area contributed by atoms with Crippen LogP contribution in [0.25, 0.3) is 0 Å². The molecule has 3 aliphatic heterocycles. The predicted octanol–water partition coefficient (Wildman–Crippen LogP) is 1.99. The molecular formula is C20H32N4O2S. The zero-order valence-electron chi connectivity index (χ0n) is 16.4. The van der Waals surface area contributed by atoms with E-state index in [-0.39, 0.29) is 5.92 Å². The number of carbonyl (C=O) groups is 1. The van der Waals surface area contributed by atoms with E-state index in [0.29, 0.717) is 25.2 Å². The number of nitrogens with zero attached hydrogens (tertiary/aromatic N) is 4. The summed E-state index contributed by atoms with van der Waals surface area (Å²) in [5, 5.41) is 3.35. The molecule has 4 heterocycles. The van der Waals surface area contributed by atoms with E-state index in [1.807, 2.05) is 4.90 Å². The van der Waals surface area contributed by atoms with Crippen LogP contribution in [0.15, 0.2) is 5.38 Å². The highest BCUT2D eigenvalue weighted by molar-refractivity contribution is 7.09. The molecule has 0 aromatic carbocycles. The standard InChI is InChI=1S/C20H32N4O2S/c1-16-21-18(15-27-16)14-22-7-4-19(5-8-22)24-6-2-3-17(13-24)20(25)23-9-11-26-12-10-23/h15,17,19H,2-14H2,1H3. The van der Waals surface area contributed by atoms with E-state index in [2.05, 4.69) is 27.1 Å². The number of carbonyl (C=O) groups excluding carboxylic acids is 1. The quantitative estimate of drug-likeness (QED) is 0.784. The Morgan fingerprint density at radius 2 is 1.96 bits per heavy atom. The molecule has 150 valence electrons. The van der Waals surface area contributed by atoms with Gasteiger partial charge < -0.3 is 9.64 Å². The molecule has 0 spiro atoms. The molecule has 0 saturated carbocycles. The summed E-state index contributed by atoms with van der Waals surface area (Å²) in [4.78, 5) is 24.6. The summed E-state index contributed by atoms with van der Waals surface area (Å²) in [7, 11) is 0. The van der Waals surface area contributed by atoms with Crippen LogP contribution >= 0.6 is 11.3 Å². The van der Waals surface area contributed by atoms with Crippen LogP contribution in [-0.4, -0.2) is 84.1 Å². The average molecular weight is 393 g/mol. The Hall–Kier alpha value is -1.02. The van der Waals surface area contributed by atoms with Crippen molar-refractivity contribution in [2.75, 3.05) is 52.5 Å². The first-order valence-electron chi connectivity index (χ1n) is 10.4. The fourth-order valence-corrected chi connectivity index (χ4v) is 5.34. The van der Waals surface area contributed by atoms with Gasteiger partial charge in [-0.2, -0.15) is 0 Å². The van der Waals surface area contributed by atoms with Crippen molar-refractivity contribution in [2.45, 2.75) is 45.2 Å². The first-order chi connectivity index (χ1) is 13.2. The summed E-state index contributed by atoms with van der Waals surface area (Å²) in [6.45, 7) is 10.4. The number of piperidine rings is 2. The van der Waals surface area contributed by atoms with E-state index in [0.717, 1.165) is 63.7 Å². The van der Waals surface area contributed by atoms with Gasteiger partial charge in [0.2, 0.25) is 5.91 Å². The molecule has 3 saturated heterocycles. The molecule has 6 nitrogen and oxygen atoms in total. The second-order valence-corrected chi connectivity index (χ2v) is 9.20. The third kappa shape index (κ3) is 4.88. The molecular weight excluding hydrogens is 360 g/mol. The molecule has 0 radical (unpaired) electrons. The molecule has 0 aliphatic carbocycles. The SMILES string of the molecule is Cc1nc(CN2CCC(N3CCCC(C(=O)N4CCOCC4)C3)CC2)cs1. The van der Waals surface area contributed by atoms with E-state index in [4.69, 9.17) is 4.74 Å². The van der Waals surface area contributed by atoms with Gasteiger partial charge in [0.25, 0.3) is 0 Å². The van der Waals surface area contributed by atoms with Crippen LogP contribution in [0.3, 0.4) is 0 Å².